The van der Waals surface area contributed by atoms with Crippen LogP contribution in [-0.4, -0.2) is 70.2 Å². The van der Waals surface area contributed by atoms with E-state index in [0.29, 0.717) is 28.4 Å². The second-order valence-electron chi connectivity index (χ2n) is 10.9. The molecule has 0 saturated heterocycles. The van der Waals surface area contributed by atoms with Crippen molar-refractivity contribution in [1.82, 2.24) is 4.90 Å². The zero-order valence-corrected chi connectivity index (χ0v) is 24.7. The Morgan fingerprint density at radius 2 is 1.65 bits per heavy atom. The maximum Gasteiger partial charge on any atom is 0.303 e. The summed E-state index contributed by atoms with van der Waals surface area (Å²) in [6.07, 6.45) is -1.42. The highest BCUT2D eigenvalue weighted by atomic mass is 16.7. The summed E-state index contributed by atoms with van der Waals surface area (Å²) in [5.41, 5.74) is -2.63. The van der Waals surface area contributed by atoms with Gasteiger partial charge in [0.25, 0.3) is 0 Å². The number of rotatable bonds is 7. The number of fused-ring (bicyclic) bond motifs is 4. The van der Waals surface area contributed by atoms with Crippen LogP contribution < -0.4 is 28.4 Å². The number of ether oxygens (including phenoxy) is 7. The number of carbonyl (C=O) groups excluding carboxylic acids is 2. The van der Waals surface area contributed by atoms with Gasteiger partial charge in [-0.1, -0.05) is 36.4 Å². The third-order valence-corrected chi connectivity index (χ3v) is 8.53. The third-order valence-electron chi connectivity index (χ3n) is 8.53. The molecule has 2 aliphatic heterocycles. The lowest BCUT2D eigenvalue weighted by Gasteiger charge is -2.41. The van der Waals surface area contributed by atoms with Crippen molar-refractivity contribution in [2.24, 2.45) is 5.92 Å². The van der Waals surface area contributed by atoms with Crippen LogP contribution in [0.1, 0.15) is 29.5 Å². The SMILES string of the molecule is COc1ccc([C@@]23Oc4cc5c(c(OC)c4[C@]2(O)[C@H](OC(C)=O)[C@H](C(=O)N(C)C)[C@H]3c2ccccc2)OCO5)cc1OC. The van der Waals surface area contributed by atoms with Crippen molar-refractivity contribution >= 4 is 11.9 Å². The predicted octanol–water partition coefficient (Wildman–Crippen LogP) is 3.35. The molecule has 11 nitrogen and oxygen atoms in total. The van der Waals surface area contributed by atoms with Crippen LogP contribution in [0.25, 0.3) is 0 Å². The molecule has 3 aromatic carbocycles. The van der Waals surface area contributed by atoms with Crippen LogP contribution in [0.4, 0.5) is 0 Å². The number of hydrogen-bond acceptors (Lipinski definition) is 10. The Kier molecular flexibility index (Phi) is 6.80. The Morgan fingerprint density at radius 3 is 2.28 bits per heavy atom. The van der Waals surface area contributed by atoms with E-state index < -0.39 is 35.1 Å². The Morgan fingerprint density at radius 1 is 0.930 bits per heavy atom. The number of amides is 1. The summed E-state index contributed by atoms with van der Waals surface area (Å²) in [6, 6.07) is 16.0. The maximum atomic E-state index is 14.2. The van der Waals surface area contributed by atoms with E-state index in [1.807, 2.05) is 30.3 Å². The summed E-state index contributed by atoms with van der Waals surface area (Å²) >= 11 is 0. The molecule has 0 unspecified atom stereocenters. The van der Waals surface area contributed by atoms with Gasteiger partial charge in [-0.3, -0.25) is 9.59 Å². The standard InChI is InChI=1S/C32H33NO10/c1-17(34)42-29-24(30(35)33(2)3)25(18-10-8-7-9-11-18)32(19-12-13-20(37-4)21(14-19)38-5)31(29,36)26-22(43-32)15-23-27(28(26)39-6)41-16-40-23/h7-15,24-25,29,36H,16H2,1-6H3/t24-,25-,29-,31+,32+/m1/s1. The molecule has 1 N–H and O–H groups in total. The molecule has 6 rings (SSSR count). The molecule has 226 valence electrons. The third kappa shape index (κ3) is 3.84. The summed E-state index contributed by atoms with van der Waals surface area (Å²) in [5.74, 6) is -1.20. The van der Waals surface area contributed by atoms with Crippen LogP contribution in [0, 0.1) is 5.92 Å². The van der Waals surface area contributed by atoms with Crippen molar-refractivity contribution in [3.05, 3.63) is 71.3 Å². The second kappa shape index (κ2) is 10.3. The van der Waals surface area contributed by atoms with Crippen LogP contribution in [0.15, 0.2) is 54.6 Å². The van der Waals surface area contributed by atoms with E-state index in [1.165, 1.54) is 33.2 Å². The van der Waals surface area contributed by atoms with Gasteiger partial charge in [-0.2, -0.15) is 0 Å². The van der Waals surface area contributed by atoms with Gasteiger partial charge >= 0.3 is 5.97 Å². The van der Waals surface area contributed by atoms with E-state index >= 15 is 0 Å². The monoisotopic (exact) mass is 591 g/mol. The molecule has 0 aromatic heterocycles. The van der Waals surface area contributed by atoms with Gasteiger partial charge in [-0.15, -0.1) is 0 Å². The molecule has 1 amide bonds. The lowest BCUT2D eigenvalue weighted by molar-refractivity contribution is -0.184. The van der Waals surface area contributed by atoms with Gasteiger partial charge in [0.15, 0.2) is 40.3 Å². The van der Waals surface area contributed by atoms with E-state index in [1.54, 1.807) is 38.4 Å². The Hall–Kier alpha value is -4.64. The number of benzene rings is 3. The minimum absolute atomic E-state index is 0.0599. The van der Waals surface area contributed by atoms with Crippen LogP contribution in [-0.2, 0) is 25.5 Å². The van der Waals surface area contributed by atoms with Crippen molar-refractivity contribution in [2.75, 3.05) is 42.2 Å². The number of methoxy groups -OCH3 is 3. The van der Waals surface area contributed by atoms with Gasteiger partial charge in [0, 0.05) is 38.6 Å². The lowest BCUT2D eigenvalue weighted by atomic mass is 9.70. The van der Waals surface area contributed by atoms with Gasteiger partial charge in [0.05, 0.1) is 32.8 Å². The Balaban J connectivity index is 1.77. The van der Waals surface area contributed by atoms with Gasteiger partial charge in [-0.05, 0) is 17.7 Å². The number of nitrogens with zero attached hydrogens (tertiary/aromatic N) is 1. The smallest absolute Gasteiger partial charge is 0.303 e. The maximum absolute atomic E-state index is 14.2. The highest BCUT2D eigenvalue weighted by Crippen LogP contribution is 2.72. The quantitative estimate of drug-likeness (QED) is 0.410. The van der Waals surface area contributed by atoms with E-state index in [2.05, 4.69) is 0 Å². The fourth-order valence-electron chi connectivity index (χ4n) is 6.94. The molecule has 1 fully saturated rings. The molecule has 5 atom stereocenters. The van der Waals surface area contributed by atoms with Crippen LogP contribution in [0.2, 0.25) is 0 Å². The summed E-state index contributed by atoms with van der Waals surface area (Å²) in [4.78, 5) is 28.4. The highest BCUT2D eigenvalue weighted by molar-refractivity contribution is 5.84. The molecule has 0 radical (unpaired) electrons. The Labute approximate surface area is 248 Å². The summed E-state index contributed by atoms with van der Waals surface area (Å²) < 4.78 is 41.4. The Bertz CT molecular complexity index is 1590. The first kappa shape index (κ1) is 28.5. The number of carbonyl (C=O) groups is 2. The van der Waals surface area contributed by atoms with E-state index in [-0.39, 0.29) is 35.5 Å². The van der Waals surface area contributed by atoms with Crippen molar-refractivity contribution < 1.29 is 47.9 Å². The fourth-order valence-corrected chi connectivity index (χ4v) is 6.94. The highest BCUT2D eigenvalue weighted by Gasteiger charge is 2.80. The molecule has 43 heavy (non-hydrogen) atoms. The van der Waals surface area contributed by atoms with E-state index in [4.69, 9.17) is 33.2 Å². The number of aliphatic hydroxyl groups is 1. The van der Waals surface area contributed by atoms with Crippen LogP contribution in [0.5, 0.6) is 34.5 Å². The molecule has 1 saturated carbocycles. The first-order chi connectivity index (χ1) is 20.6. The largest absolute Gasteiger partial charge is 0.493 e. The van der Waals surface area contributed by atoms with Crippen LogP contribution in [0.3, 0.4) is 0 Å². The summed E-state index contributed by atoms with van der Waals surface area (Å²) in [6.45, 7) is 1.18. The first-order valence-electron chi connectivity index (χ1n) is 13.7. The average molecular weight is 592 g/mol. The topological polar surface area (TPSA) is 122 Å². The average Bonchev–Trinajstić information content (AvgIpc) is 3.63. The van der Waals surface area contributed by atoms with Gasteiger partial charge in [0.1, 0.15) is 5.75 Å². The molecule has 0 spiro atoms. The van der Waals surface area contributed by atoms with E-state index in [0.717, 1.165) is 0 Å². The molecule has 2 heterocycles. The van der Waals surface area contributed by atoms with Gasteiger partial charge in [0.2, 0.25) is 18.4 Å². The minimum Gasteiger partial charge on any atom is -0.493 e. The molecule has 1 aliphatic carbocycles. The fraction of sp³-hybridized carbons (Fsp3) is 0.375. The minimum atomic E-state index is -2.18. The molecule has 3 aliphatic rings. The molecule has 11 heteroatoms. The summed E-state index contributed by atoms with van der Waals surface area (Å²) in [7, 11) is 7.69. The van der Waals surface area contributed by atoms with Gasteiger partial charge in [-0.25, -0.2) is 0 Å². The zero-order chi connectivity index (χ0) is 30.7. The normalized spacial score (nSPS) is 26.2. The van der Waals surface area contributed by atoms with Crippen LogP contribution >= 0.6 is 0 Å². The number of esters is 1. The molecule has 0 bridgehead atoms. The molecular weight excluding hydrogens is 558 g/mol. The van der Waals surface area contributed by atoms with Crippen molar-refractivity contribution in [3.63, 3.8) is 0 Å². The first-order valence-corrected chi connectivity index (χ1v) is 13.7. The molecular formula is C32H33NO10. The van der Waals surface area contributed by atoms with E-state index in [9.17, 15) is 14.7 Å². The van der Waals surface area contributed by atoms with Gasteiger partial charge < -0.3 is 43.2 Å². The lowest BCUT2D eigenvalue weighted by Crippen LogP contribution is -2.53. The summed E-state index contributed by atoms with van der Waals surface area (Å²) in [5, 5.41) is 13.4. The zero-order valence-electron chi connectivity index (χ0n) is 24.7. The number of hydrogen-bond donors (Lipinski definition) is 1. The van der Waals surface area contributed by atoms with Crippen molar-refractivity contribution in [1.29, 1.82) is 0 Å². The predicted molar refractivity (Wildman–Crippen MR) is 152 cm³/mol. The molecule has 3 aromatic rings. The second-order valence-corrected chi connectivity index (χ2v) is 10.9. The van der Waals surface area contributed by atoms with Crippen molar-refractivity contribution in [2.45, 2.75) is 30.1 Å². The van der Waals surface area contributed by atoms with Crippen molar-refractivity contribution in [3.8, 4) is 34.5 Å².